The Labute approximate surface area is 243 Å². The van der Waals surface area contributed by atoms with Crippen LogP contribution in [-0.2, 0) is 5.11 Å². The van der Waals surface area contributed by atoms with Crippen LogP contribution in [-0.4, -0.2) is 6.61 Å². The minimum Gasteiger partial charge on any atom is -0.237 e. The van der Waals surface area contributed by atoms with Crippen LogP contribution in [0.2, 0.25) is 0 Å². The summed E-state index contributed by atoms with van der Waals surface area (Å²) in [6.45, 7) is 2.43. The van der Waals surface area contributed by atoms with Gasteiger partial charge in [-0.05, 0) is 6.42 Å². The van der Waals surface area contributed by atoms with Gasteiger partial charge in [0.2, 0.25) is 0 Å². The van der Waals surface area contributed by atoms with Gasteiger partial charge in [-0.15, -0.1) is 0 Å². The summed E-state index contributed by atoms with van der Waals surface area (Å²) in [4.78, 5) is 0. The van der Waals surface area contributed by atoms with Crippen LogP contribution in [0.4, 0.5) is 0 Å². The van der Waals surface area contributed by atoms with Crippen molar-refractivity contribution in [3.63, 3.8) is 0 Å². The van der Waals surface area contributed by atoms with Crippen LogP contribution < -0.4 is 0 Å². The van der Waals surface area contributed by atoms with Crippen LogP contribution in [0.15, 0.2) is 0 Å². The van der Waals surface area contributed by atoms with Gasteiger partial charge >= 0.3 is 0 Å². The van der Waals surface area contributed by atoms with Gasteiger partial charge in [0.25, 0.3) is 0 Å². The molecule has 38 heavy (non-hydrogen) atoms. The number of hydrogen-bond donors (Lipinski definition) is 0. The number of unbranched alkanes of at least 4 members (excludes halogenated alkanes) is 34. The van der Waals surface area contributed by atoms with Crippen molar-refractivity contribution in [3.8, 4) is 0 Å². The van der Waals surface area contributed by atoms with Crippen molar-refractivity contribution >= 4 is 0 Å². The van der Waals surface area contributed by atoms with E-state index < -0.39 is 0 Å². The molecule has 0 aliphatic carbocycles. The first-order chi connectivity index (χ1) is 18.9. The average Bonchev–Trinajstić information content (AvgIpc) is 2.93. The van der Waals surface area contributed by atoms with Crippen molar-refractivity contribution < 1.29 is 5.11 Å². The fraction of sp³-hybridized carbons (Fsp3) is 1.00. The number of rotatable bonds is 35. The molecule has 0 atom stereocenters. The first-order valence-corrected chi connectivity index (χ1v) is 18.5. The van der Waals surface area contributed by atoms with Crippen molar-refractivity contribution in [1.29, 1.82) is 0 Å². The van der Waals surface area contributed by atoms with Gasteiger partial charge in [0.15, 0.2) is 0 Å². The molecule has 0 N–H and O–H groups in total. The summed E-state index contributed by atoms with van der Waals surface area (Å²) in [5.74, 6) is 0. The van der Waals surface area contributed by atoms with Crippen LogP contribution in [0.3, 0.4) is 0 Å². The molecule has 0 spiro atoms. The SMILES string of the molecule is CCCCCCCCCCCCCCCCCCCCCCCCCCCCCCCCCCCCC[O]. The second-order valence-electron chi connectivity index (χ2n) is 12.7. The Morgan fingerprint density at radius 1 is 0.211 bits per heavy atom. The molecule has 0 saturated carbocycles. The Hall–Kier alpha value is -0.0400. The maximum Gasteiger partial charge on any atom is 0.0822 e. The van der Waals surface area contributed by atoms with E-state index in [0.717, 1.165) is 12.8 Å². The zero-order valence-corrected chi connectivity index (χ0v) is 26.9. The molecule has 0 aromatic heterocycles. The molecule has 0 aliphatic rings. The molecule has 229 valence electrons. The Balaban J connectivity index is 3.01. The molecule has 0 aromatic carbocycles. The van der Waals surface area contributed by atoms with E-state index in [1.807, 2.05) is 0 Å². The molecule has 1 nitrogen and oxygen atoms in total. The van der Waals surface area contributed by atoms with Gasteiger partial charge in [0, 0.05) is 0 Å². The highest BCUT2D eigenvalue weighted by Gasteiger charge is 1.97. The summed E-state index contributed by atoms with van der Waals surface area (Å²) >= 11 is 0. The first-order valence-electron chi connectivity index (χ1n) is 18.5. The highest BCUT2D eigenvalue weighted by atomic mass is 16.2. The predicted molar refractivity (Wildman–Crippen MR) is 173 cm³/mol. The van der Waals surface area contributed by atoms with Crippen LogP contribution in [0.5, 0.6) is 0 Å². The molecule has 0 bridgehead atoms. The molecule has 0 fully saturated rings. The Kier molecular flexibility index (Phi) is 36.9. The van der Waals surface area contributed by atoms with E-state index in [1.54, 1.807) is 0 Å². The smallest absolute Gasteiger partial charge is 0.0822 e. The predicted octanol–water partition coefficient (Wildman–Crippen LogP) is 14.1. The summed E-state index contributed by atoms with van der Waals surface area (Å²) < 4.78 is 0. The van der Waals surface area contributed by atoms with Gasteiger partial charge in [-0.3, -0.25) is 0 Å². The van der Waals surface area contributed by atoms with Crippen molar-refractivity contribution in [2.45, 2.75) is 232 Å². The van der Waals surface area contributed by atoms with E-state index in [1.165, 1.54) is 212 Å². The molecule has 1 heteroatoms. The second kappa shape index (κ2) is 37.0. The highest BCUT2D eigenvalue weighted by Crippen LogP contribution is 2.17. The maximum atomic E-state index is 10.4. The average molecular weight is 536 g/mol. The zero-order chi connectivity index (χ0) is 27.5. The van der Waals surface area contributed by atoms with Crippen molar-refractivity contribution in [3.05, 3.63) is 0 Å². The van der Waals surface area contributed by atoms with E-state index in [0.29, 0.717) is 0 Å². The summed E-state index contributed by atoms with van der Waals surface area (Å²) in [6, 6.07) is 0. The van der Waals surface area contributed by atoms with Gasteiger partial charge in [0.05, 0.1) is 6.61 Å². The minimum atomic E-state index is 0.125. The van der Waals surface area contributed by atoms with Crippen LogP contribution in [0.25, 0.3) is 0 Å². The first kappa shape index (κ1) is 38.0. The standard InChI is InChI=1S/C37H75O/c1-2-3-4-5-6-7-8-9-10-11-12-13-14-15-16-17-18-19-20-21-22-23-24-25-26-27-28-29-30-31-32-33-34-35-36-37-38/h2-37H2,1H3. The van der Waals surface area contributed by atoms with Gasteiger partial charge in [-0.25, -0.2) is 5.11 Å². The number of hydrogen-bond acceptors (Lipinski definition) is 0. The normalized spacial score (nSPS) is 11.5. The van der Waals surface area contributed by atoms with Crippen LogP contribution >= 0.6 is 0 Å². The lowest BCUT2D eigenvalue weighted by Crippen LogP contribution is -1.85. The Morgan fingerprint density at radius 3 is 0.474 bits per heavy atom. The van der Waals surface area contributed by atoms with Gasteiger partial charge < -0.3 is 0 Å². The minimum absolute atomic E-state index is 0.125. The molecule has 0 aromatic rings. The molecule has 0 heterocycles. The molecule has 0 aliphatic heterocycles. The third-order valence-corrected chi connectivity index (χ3v) is 8.75. The highest BCUT2D eigenvalue weighted by molar-refractivity contribution is 4.53. The monoisotopic (exact) mass is 536 g/mol. The lowest BCUT2D eigenvalue weighted by atomic mass is 10.0. The fourth-order valence-electron chi connectivity index (χ4n) is 6.01. The van der Waals surface area contributed by atoms with E-state index in [-0.39, 0.29) is 6.61 Å². The van der Waals surface area contributed by atoms with E-state index in [4.69, 9.17) is 0 Å². The molecular formula is C37H75O. The molecule has 0 rings (SSSR count). The second-order valence-corrected chi connectivity index (χ2v) is 12.7. The van der Waals surface area contributed by atoms with Gasteiger partial charge in [-0.2, -0.15) is 0 Å². The van der Waals surface area contributed by atoms with Crippen LogP contribution in [0, 0.1) is 0 Å². The Morgan fingerprint density at radius 2 is 0.342 bits per heavy atom. The molecular weight excluding hydrogens is 460 g/mol. The molecule has 0 unspecified atom stereocenters. The molecule has 0 amide bonds. The Bertz CT molecular complexity index is 343. The quantitative estimate of drug-likeness (QED) is 0.0719. The summed E-state index contributed by atoms with van der Waals surface area (Å²) in [5.41, 5.74) is 0. The molecule has 1 radical (unpaired) electrons. The van der Waals surface area contributed by atoms with Gasteiger partial charge in [0.1, 0.15) is 0 Å². The van der Waals surface area contributed by atoms with Crippen molar-refractivity contribution in [2.24, 2.45) is 0 Å². The zero-order valence-electron chi connectivity index (χ0n) is 26.9. The van der Waals surface area contributed by atoms with E-state index >= 15 is 0 Å². The van der Waals surface area contributed by atoms with Crippen molar-refractivity contribution in [1.82, 2.24) is 0 Å². The summed E-state index contributed by atoms with van der Waals surface area (Å²) in [5, 5.41) is 10.4. The lowest BCUT2D eigenvalue weighted by molar-refractivity contribution is 0.186. The van der Waals surface area contributed by atoms with Crippen LogP contribution in [0.1, 0.15) is 232 Å². The third-order valence-electron chi connectivity index (χ3n) is 8.75. The fourth-order valence-corrected chi connectivity index (χ4v) is 6.01. The van der Waals surface area contributed by atoms with Gasteiger partial charge in [-0.1, -0.05) is 225 Å². The maximum absolute atomic E-state index is 10.4. The topological polar surface area (TPSA) is 19.9 Å². The summed E-state index contributed by atoms with van der Waals surface area (Å²) in [7, 11) is 0. The van der Waals surface area contributed by atoms with E-state index in [9.17, 15) is 5.11 Å². The lowest BCUT2D eigenvalue weighted by Gasteiger charge is -2.05. The largest absolute Gasteiger partial charge is 0.237 e. The third kappa shape index (κ3) is 36.0. The van der Waals surface area contributed by atoms with Crippen molar-refractivity contribution in [2.75, 3.05) is 6.61 Å². The van der Waals surface area contributed by atoms with E-state index in [2.05, 4.69) is 6.92 Å². The molecule has 0 saturated heterocycles. The summed E-state index contributed by atoms with van der Waals surface area (Å²) in [6.07, 6.45) is 50.2.